The van der Waals surface area contributed by atoms with Crippen LogP contribution in [0.3, 0.4) is 0 Å². The number of aryl methyl sites for hydroxylation is 2. The fourth-order valence-corrected chi connectivity index (χ4v) is 2.21. The van der Waals surface area contributed by atoms with Crippen molar-refractivity contribution in [1.29, 1.82) is 0 Å². The van der Waals surface area contributed by atoms with Crippen molar-refractivity contribution in [2.75, 3.05) is 13.7 Å². The third-order valence-corrected chi connectivity index (χ3v) is 3.09. The summed E-state index contributed by atoms with van der Waals surface area (Å²) in [7, 11) is 1.63. The number of alkyl halides is 3. The minimum absolute atomic E-state index is 0. The first-order valence-electron chi connectivity index (χ1n) is 6.81. The maximum absolute atomic E-state index is 12.2. The fraction of sp³-hybridized carbons (Fsp3) is 0.533. The highest BCUT2D eigenvalue weighted by Gasteiger charge is 2.29. The van der Waals surface area contributed by atoms with E-state index < -0.39 is 18.8 Å². The molecule has 0 radical (unpaired) electrons. The number of nitrogens with zero attached hydrogens (tertiary/aromatic N) is 1. The summed E-state index contributed by atoms with van der Waals surface area (Å²) in [5.74, 6) is 0.0231. The number of amides is 1. The summed E-state index contributed by atoms with van der Waals surface area (Å²) in [6, 6.07) is 2.83. The highest BCUT2D eigenvalue weighted by atomic mass is 35.5. The zero-order valence-corrected chi connectivity index (χ0v) is 14.3. The van der Waals surface area contributed by atoms with E-state index in [1.165, 1.54) is 4.90 Å². The molecular weight excluding hydrogens is 333 g/mol. The molecule has 1 aromatic rings. The Balaban J connectivity index is 0.00000484. The number of carbonyl (C=O) groups excluding carboxylic acids is 1. The Labute approximate surface area is 140 Å². The molecule has 0 aliphatic rings. The molecule has 1 rings (SSSR count). The number of likely N-dealkylation sites (N-methyl/N-ethyl adjacent to an activating group) is 1. The first-order chi connectivity index (χ1) is 10.0. The zero-order chi connectivity index (χ0) is 17.1. The third kappa shape index (κ3) is 6.66. The average Bonchev–Trinajstić information content (AvgIpc) is 2.35. The predicted octanol–water partition coefficient (Wildman–Crippen LogP) is 2.97. The molecule has 1 aromatic carbocycles. The summed E-state index contributed by atoms with van der Waals surface area (Å²) in [5, 5.41) is 0. The number of hydrogen-bond donors (Lipinski definition) is 1. The Morgan fingerprint density at radius 3 is 2.17 bits per heavy atom. The Morgan fingerprint density at radius 1 is 1.30 bits per heavy atom. The second-order valence-electron chi connectivity index (χ2n) is 5.45. The molecule has 0 fully saturated rings. The van der Waals surface area contributed by atoms with Crippen LogP contribution >= 0.6 is 12.4 Å². The minimum Gasteiger partial charge on any atom is -0.484 e. The second kappa shape index (κ2) is 8.40. The summed E-state index contributed by atoms with van der Waals surface area (Å²) >= 11 is 0. The zero-order valence-electron chi connectivity index (χ0n) is 13.5. The van der Waals surface area contributed by atoms with E-state index in [1.807, 2.05) is 0 Å². The lowest BCUT2D eigenvalue weighted by Gasteiger charge is -2.21. The largest absolute Gasteiger partial charge is 0.484 e. The van der Waals surface area contributed by atoms with Gasteiger partial charge in [-0.3, -0.25) is 4.79 Å². The van der Waals surface area contributed by atoms with Gasteiger partial charge in [0.1, 0.15) is 5.75 Å². The van der Waals surface area contributed by atoms with Crippen LogP contribution in [0.5, 0.6) is 5.75 Å². The topological polar surface area (TPSA) is 55.6 Å². The molecule has 0 bridgehead atoms. The molecule has 0 aliphatic carbocycles. The number of ether oxygens (including phenoxy) is 1. The molecule has 0 unspecified atom stereocenters. The molecule has 0 aromatic heterocycles. The van der Waals surface area contributed by atoms with E-state index in [9.17, 15) is 18.0 Å². The highest BCUT2D eigenvalue weighted by Crippen LogP contribution is 2.27. The van der Waals surface area contributed by atoms with Gasteiger partial charge in [-0.05, 0) is 37.5 Å². The predicted molar refractivity (Wildman–Crippen MR) is 84.8 cm³/mol. The van der Waals surface area contributed by atoms with Crippen molar-refractivity contribution in [2.45, 2.75) is 39.5 Å². The van der Waals surface area contributed by atoms with Gasteiger partial charge in [-0.25, -0.2) is 0 Å². The maximum atomic E-state index is 12.2. The van der Waals surface area contributed by atoms with E-state index in [4.69, 9.17) is 10.5 Å². The van der Waals surface area contributed by atoms with Gasteiger partial charge < -0.3 is 15.4 Å². The maximum Gasteiger partial charge on any atom is 0.422 e. The van der Waals surface area contributed by atoms with Crippen LogP contribution in [0.4, 0.5) is 13.2 Å². The lowest BCUT2D eigenvalue weighted by atomic mass is 10.1. The molecule has 4 nitrogen and oxygen atoms in total. The van der Waals surface area contributed by atoms with Crippen molar-refractivity contribution in [3.05, 3.63) is 28.8 Å². The Bertz CT molecular complexity index is 525. The van der Waals surface area contributed by atoms with Gasteiger partial charge in [-0.2, -0.15) is 13.2 Å². The van der Waals surface area contributed by atoms with Crippen LogP contribution in [0.15, 0.2) is 12.1 Å². The van der Waals surface area contributed by atoms with Gasteiger partial charge in [0.25, 0.3) is 0 Å². The molecule has 1 amide bonds. The molecular formula is C15H22ClF3N2O2. The monoisotopic (exact) mass is 354 g/mol. The molecule has 0 spiro atoms. The van der Waals surface area contributed by atoms with Gasteiger partial charge in [0.05, 0.1) is 6.04 Å². The smallest absolute Gasteiger partial charge is 0.422 e. The number of nitrogens with two attached hydrogens (primary N) is 1. The van der Waals surface area contributed by atoms with Crippen LogP contribution in [0.2, 0.25) is 0 Å². The van der Waals surface area contributed by atoms with Gasteiger partial charge in [0.15, 0.2) is 6.61 Å². The molecule has 0 heterocycles. The van der Waals surface area contributed by atoms with Crippen LogP contribution in [0, 0.1) is 13.8 Å². The number of halogens is 4. The summed E-state index contributed by atoms with van der Waals surface area (Å²) in [6.45, 7) is 3.97. The molecule has 1 atom stereocenters. The quantitative estimate of drug-likeness (QED) is 0.884. The molecule has 132 valence electrons. The Kier molecular flexibility index (Phi) is 7.86. The van der Waals surface area contributed by atoms with Crippen molar-refractivity contribution in [3.63, 3.8) is 0 Å². The van der Waals surface area contributed by atoms with E-state index >= 15 is 0 Å². The summed E-state index contributed by atoms with van der Waals surface area (Å²) in [6.07, 6.45) is -4.37. The lowest BCUT2D eigenvalue weighted by molar-refractivity contribution is -0.153. The normalized spacial score (nSPS) is 12.3. The van der Waals surface area contributed by atoms with Gasteiger partial charge in [-0.1, -0.05) is 12.1 Å². The van der Waals surface area contributed by atoms with Crippen LogP contribution in [-0.4, -0.2) is 36.7 Å². The molecule has 0 saturated heterocycles. The van der Waals surface area contributed by atoms with E-state index in [0.717, 1.165) is 5.56 Å². The fourth-order valence-electron chi connectivity index (χ4n) is 2.21. The summed E-state index contributed by atoms with van der Waals surface area (Å²) in [4.78, 5) is 13.2. The number of carbonyl (C=O) groups is 1. The highest BCUT2D eigenvalue weighted by molar-refractivity contribution is 5.85. The van der Waals surface area contributed by atoms with Gasteiger partial charge in [-0.15, -0.1) is 12.4 Å². The molecule has 2 N–H and O–H groups in total. The summed E-state index contributed by atoms with van der Waals surface area (Å²) < 4.78 is 41.6. The van der Waals surface area contributed by atoms with Gasteiger partial charge in [0.2, 0.25) is 5.91 Å². The second-order valence-corrected chi connectivity index (χ2v) is 5.45. The minimum atomic E-state index is -4.37. The molecule has 8 heteroatoms. The average molecular weight is 355 g/mol. The molecule has 0 saturated carbocycles. The standard InChI is InChI=1S/C15H21F3N2O2.ClH/c1-9-5-12(7-20(4)14(21)11(3)19)6-10(2)13(9)22-8-15(16,17)18;/h5-6,11H,7-8,19H2,1-4H3;1H/t11-;/m1./s1. The van der Waals surface area contributed by atoms with E-state index in [2.05, 4.69) is 0 Å². The van der Waals surface area contributed by atoms with E-state index in [0.29, 0.717) is 17.7 Å². The van der Waals surface area contributed by atoms with E-state index in [1.54, 1.807) is 40.0 Å². The molecule has 0 aliphatic heterocycles. The van der Waals surface area contributed by atoms with Crippen molar-refractivity contribution in [2.24, 2.45) is 5.73 Å². The van der Waals surface area contributed by atoms with Crippen molar-refractivity contribution < 1.29 is 22.7 Å². The van der Waals surface area contributed by atoms with E-state index in [-0.39, 0.29) is 24.1 Å². The number of hydrogen-bond acceptors (Lipinski definition) is 3. The third-order valence-electron chi connectivity index (χ3n) is 3.09. The summed E-state index contributed by atoms with van der Waals surface area (Å²) in [5.41, 5.74) is 7.54. The van der Waals surface area contributed by atoms with Crippen LogP contribution in [0.1, 0.15) is 23.6 Å². The van der Waals surface area contributed by atoms with Gasteiger partial charge >= 0.3 is 6.18 Å². The van der Waals surface area contributed by atoms with Crippen molar-refractivity contribution >= 4 is 18.3 Å². The van der Waals surface area contributed by atoms with Crippen LogP contribution in [0.25, 0.3) is 0 Å². The number of benzene rings is 1. The van der Waals surface area contributed by atoms with Gasteiger partial charge in [0, 0.05) is 13.6 Å². The SMILES string of the molecule is Cc1cc(CN(C)C(=O)[C@@H](C)N)cc(C)c1OCC(F)(F)F.Cl. The molecule has 23 heavy (non-hydrogen) atoms. The number of rotatable bonds is 5. The van der Waals surface area contributed by atoms with Crippen molar-refractivity contribution in [1.82, 2.24) is 4.90 Å². The van der Waals surface area contributed by atoms with Crippen molar-refractivity contribution in [3.8, 4) is 5.75 Å². The Hall–Kier alpha value is -1.47. The lowest BCUT2D eigenvalue weighted by Crippen LogP contribution is -2.39. The van der Waals surface area contributed by atoms with Crippen LogP contribution in [-0.2, 0) is 11.3 Å². The van der Waals surface area contributed by atoms with Crippen LogP contribution < -0.4 is 10.5 Å². The Morgan fingerprint density at radius 2 is 1.78 bits per heavy atom. The first kappa shape index (κ1) is 21.5. The first-order valence-corrected chi connectivity index (χ1v) is 6.81.